The van der Waals surface area contributed by atoms with Gasteiger partial charge in [-0.1, -0.05) is 24.2 Å². The second-order valence-corrected chi connectivity index (χ2v) is 4.13. The molecule has 19 heavy (non-hydrogen) atoms. The summed E-state index contributed by atoms with van der Waals surface area (Å²) in [5, 5.41) is 6.44. The van der Waals surface area contributed by atoms with Gasteiger partial charge in [0.25, 0.3) is 5.91 Å². The van der Waals surface area contributed by atoms with Gasteiger partial charge in [0.05, 0.1) is 18.0 Å². The highest BCUT2D eigenvalue weighted by molar-refractivity contribution is 6.03. The molecule has 5 heteroatoms. The van der Waals surface area contributed by atoms with Gasteiger partial charge in [-0.3, -0.25) is 4.79 Å². The molecule has 0 spiro atoms. The molecule has 0 unspecified atom stereocenters. The summed E-state index contributed by atoms with van der Waals surface area (Å²) in [5.41, 5.74) is 1.29. The summed E-state index contributed by atoms with van der Waals surface area (Å²) in [6, 6.07) is 8.88. The SMILES string of the molecule is CCCOc1ccccc1NC(=O)c1cc(C)no1. The first-order chi connectivity index (χ1) is 9.20. The van der Waals surface area contributed by atoms with Gasteiger partial charge in [0, 0.05) is 6.07 Å². The monoisotopic (exact) mass is 260 g/mol. The number of carbonyl (C=O) groups excluding carboxylic acids is 1. The number of hydrogen-bond donors (Lipinski definition) is 1. The Balaban J connectivity index is 2.12. The van der Waals surface area contributed by atoms with Crippen LogP contribution in [0.3, 0.4) is 0 Å². The summed E-state index contributed by atoms with van der Waals surface area (Å²) in [4.78, 5) is 12.0. The van der Waals surface area contributed by atoms with E-state index < -0.39 is 0 Å². The van der Waals surface area contributed by atoms with Gasteiger partial charge in [-0.05, 0) is 25.5 Å². The van der Waals surface area contributed by atoms with Crippen LogP contribution in [0.5, 0.6) is 5.75 Å². The molecule has 0 aliphatic carbocycles. The molecule has 1 aromatic carbocycles. The van der Waals surface area contributed by atoms with Crippen molar-refractivity contribution in [2.75, 3.05) is 11.9 Å². The van der Waals surface area contributed by atoms with Crippen LogP contribution in [0.1, 0.15) is 29.6 Å². The van der Waals surface area contributed by atoms with Crippen LogP contribution >= 0.6 is 0 Å². The molecule has 0 atom stereocenters. The van der Waals surface area contributed by atoms with Gasteiger partial charge >= 0.3 is 0 Å². The Morgan fingerprint density at radius 1 is 1.42 bits per heavy atom. The van der Waals surface area contributed by atoms with Crippen molar-refractivity contribution in [3.63, 3.8) is 0 Å². The van der Waals surface area contributed by atoms with E-state index in [0.717, 1.165) is 6.42 Å². The van der Waals surface area contributed by atoms with Gasteiger partial charge in [0.15, 0.2) is 0 Å². The van der Waals surface area contributed by atoms with E-state index in [1.165, 1.54) is 0 Å². The molecule has 0 saturated heterocycles. The first-order valence-electron chi connectivity index (χ1n) is 6.17. The number of anilines is 1. The fraction of sp³-hybridized carbons (Fsp3) is 0.286. The lowest BCUT2D eigenvalue weighted by molar-refractivity contribution is 0.0987. The maximum absolute atomic E-state index is 12.0. The van der Waals surface area contributed by atoms with Crippen molar-refractivity contribution in [1.82, 2.24) is 5.16 Å². The number of nitrogens with one attached hydrogen (secondary N) is 1. The Labute approximate surface area is 111 Å². The van der Waals surface area contributed by atoms with E-state index in [9.17, 15) is 4.79 Å². The Morgan fingerprint density at radius 2 is 2.21 bits per heavy atom. The van der Waals surface area contributed by atoms with Gasteiger partial charge in [-0.25, -0.2) is 0 Å². The summed E-state index contributed by atoms with van der Waals surface area (Å²) in [7, 11) is 0. The van der Waals surface area contributed by atoms with E-state index in [4.69, 9.17) is 9.26 Å². The van der Waals surface area contributed by atoms with Crippen LogP contribution in [-0.2, 0) is 0 Å². The zero-order valence-corrected chi connectivity index (χ0v) is 11.0. The van der Waals surface area contributed by atoms with Gasteiger partial charge in [0.1, 0.15) is 5.75 Å². The average molecular weight is 260 g/mol. The zero-order valence-electron chi connectivity index (χ0n) is 11.0. The number of para-hydroxylation sites is 2. The number of aryl methyl sites for hydroxylation is 1. The Hall–Kier alpha value is -2.30. The Bertz CT molecular complexity index is 563. The highest BCUT2D eigenvalue weighted by atomic mass is 16.5. The van der Waals surface area contributed by atoms with Crippen LogP contribution in [0.4, 0.5) is 5.69 Å². The summed E-state index contributed by atoms with van der Waals surface area (Å²) in [6.07, 6.45) is 0.906. The fourth-order valence-corrected chi connectivity index (χ4v) is 1.56. The molecule has 0 bridgehead atoms. The van der Waals surface area contributed by atoms with Crippen molar-refractivity contribution < 1.29 is 14.1 Å². The minimum atomic E-state index is -0.340. The minimum Gasteiger partial charge on any atom is -0.491 e. The van der Waals surface area contributed by atoms with Crippen LogP contribution in [0.15, 0.2) is 34.9 Å². The zero-order chi connectivity index (χ0) is 13.7. The van der Waals surface area contributed by atoms with Crippen molar-refractivity contribution in [2.24, 2.45) is 0 Å². The first kappa shape index (κ1) is 13.1. The molecular formula is C14H16N2O3. The van der Waals surface area contributed by atoms with E-state index in [1.54, 1.807) is 19.1 Å². The molecule has 2 rings (SSSR count). The molecule has 0 saturated carbocycles. The second kappa shape index (κ2) is 6.04. The molecule has 1 N–H and O–H groups in total. The lowest BCUT2D eigenvalue weighted by Crippen LogP contribution is -2.12. The number of nitrogens with zero attached hydrogens (tertiary/aromatic N) is 1. The normalized spacial score (nSPS) is 10.2. The van der Waals surface area contributed by atoms with E-state index in [0.29, 0.717) is 23.7 Å². The highest BCUT2D eigenvalue weighted by Crippen LogP contribution is 2.24. The molecule has 2 aromatic rings. The van der Waals surface area contributed by atoms with Crippen molar-refractivity contribution in [1.29, 1.82) is 0 Å². The molecule has 0 aliphatic heterocycles. The van der Waals surface area contributed by atoms with Crippen molar-refractivity contribution in [3.8, 4) is 5.75 Å². The van der Waals surface area contributed by atoms with Crippen molar-refractivity contribution in [2.45, 2.75) is 20.3 Å². The van der Waals surface area contributed by atoms with Crippen LogP contribution in [0.2, 0.25) is 0 Å². The number of carbonyl (C=O) groups is 1. The Kier molecular flexibility index (Phi) is 4.18. The molecule has 1 heterocycles. The molecular weight excluding hydrogens is 244 g/mol. The third-order valence-electron chi connectivity index (χ3n) is 2.45. The maximum atomic E-state index is 12.0. The van der Waals surface area contributed by atoms with Gasteiger partial charge in [-0.15, -0.1) is 0 Å². The topological polar surface area (TPSA) is 64.4 Å². The summed E-state index contributed by atoms with van der Waals surface area (Å²) in [6.45, 7) is 4.39. The van der Waals surface area contributed by atoms with Crippen LogP contribution in [-0.4, -0.2) is 17.7 Å². The smallest absolute Gasteiger partial charge is 0.294 e. The largest absolute Gasteiger partial charge is 0.491 e. The van der Waals surface area contributed by atoms with Crippen LogP contribution in [0, 0.1) is 6.92 Å². The molecule has 0 fully saturated rings. The second-order valence-electron chi connectivity index (χ2n) is 4.13. The molecule has 100 valence electrons. The first-order valence-corrected chi connectivity index (χ1v) is 6.17. The quantitative estimate of drug-likeness (QED) is 0.897. The van der Waals surface area contributed by atoms with Crippen molar-refractivity contribution in [3.05, 3.63) is 41.8 Å². The van der Waals surface area contributed by atoms with Crippen LogP contribution < -0.4 is 10.1 Å². The minimum absolute atomic E-state index is 0.183. The lowest BCUT2D eigenvalue weighted by Gasteiger charge is -2.10. The third-order valence-corrected chi connectivity index (χ3v) is 2.45. The number of ether oxygens (including phenoxy) is 1. The number of benzene rings is 1. The van der Waals surface area contributed by atoms with Gasteiger partial charge in [-0.2, -0.15) is 0 Å². The Morgan fingerprint density at radius 3 is 2.89 bits per heavy atom. The standard InChI is InChI=1S/C14H16N2O3/c1-3-8-18-12-7-5-4-6-11(12)15-14(17)13-9-10(2)16-19-13/h4-7,9H,3,8H2,1-2H3,(H,15,17). The van der Waals surface area contributed by atoms with Gasteiger partial charge < -0.3 is 14.6 Å². The van der Waals surface area contributed by atoms with E-state index in [-0.39, 0.29) is 11.7 Å². The van der Waals surface area contributed by atoms with E-state index in [1.807, 2.05) is 25.1 Å². The van der Waals surface area contributed by atoms with E-state index >= 15 is 0 Å². The number of amides is 1. The maximum Gasteiger partial charge on any atom is 0.294 e. The molecule has 1 aromatic heterocycles. The third kappa shape index (κ3) is 3.34. The molecule has 0 radical (unpaired) electrons. The number of rotatable bonds is 5. The van der Waals surface area contributed by atoms with Crippen molar-refractivity contribution >= 4 is 11.6 Å². The highest BCUT2D eigenvalue weighted by Gasteiger charge is 2.13. The molecule has 1 amide bonds. The number of hydrogen-bond acceptors (Lipinski definition) is 4. The lowest BCUT2D eigenvalue weighted by atomic mass is 10.2. The average Bonchev–Trinajstić information content (AvgIpc) is 2.84. The predicted molar refractivity (Wildman–Crippen MR) is 71.4 cm³/mol. The predicted octanol–water partition coefficient (Wildman–Crippen LogP) is 3.02. The summed E-state index contributed by atoms with van der Waals surface area (Å²) in [5.74, 6) is 0.491. The number of aromatic nitrogens is 1. The van der Waals surface area contributed by atoms with Gasteiger partial charge in [0.2, 0.25) is 5.76 Å². The summed E-state index contributed by atoms with van der Waals surface area (Å²) < 4.78 is 10.5. The summed E-state index contributed by atoms with van der Waals surface area (Å²) >= 11 is 0. The molecule has 0 aliphatic rings. The van der Waals surface area contributed by atoms with Crippen LogP contribution in [0.25, 0.3) is 0 Å². The molecule has 5 nitrogen and oxygen atoms in total. The van der Waals surface area contributed by atoms with E-state index in [2.05, 4.69) is 10.5 Å². The fourth-order valence-electron chi connectivity index (χ4n) is 1.56.